The molecule has 1 aliphatic heterocycles. The lowest BCUT2D eigenvalue weighted by molar-refractivity contribution is 0.102. The number of carbonyl (C=O) groups excluding carboxylic acids is 1. The van der Waals surface area contributed by atoms with E-state index in [1.165, 1.54) is 11.1 Å². The summed E-state index contributed by atoms with van der Waals surface area (Å²) in [5, 5.41) is 10.6. The molecule has 0 atom stereocenters. The van der Waals surface area contributed by atoms with E-state index in [2.05, 4.69) is 15.7 Å². The molecule has 2 aromatic rings. The van der Waals surface area contributed by atoms with Gasteiger partial charge < -0.3 is 10.6 Å². The molecular formula is C15H18N4O. The second-order valence-corrected chi connectivity index (χ2v) is 5.21. The average Bonchev–Trinajstić information content (AvgIpc) is 2.98. The number of nitrogens with one attached hydrogen (secondary N) is 2. The fourth-order valence-corrected chi connectivity index (χ4v) is 2.58. The summed E-state index contributed by atoms with van der Waals surface area (Å²) in [6, 6.07) is 5.86. The Morgan fingerprint density at radius 2 is 2.05 bits per heavy atom. The number of benzene rings is 1. The number of rotatable bonds is 2. The Labute approximate surface area is 118 Å². The van der Waals surface area contributed by atoms with Gasteiger partial charge in [-0.3, -0.25) is 9.48 Å². The van der Waals surface area contributed by atoms with Gasteiger partial charge in [0, 0.05) is 25.7 Å². The number of hydrogen-bond donors (Lipinski definition) is 2. The highest BCUT2D eigenvalue weighted by atomic mass is 16.1. The molecule has 0 saturated carbocycles. The van der Waals surface area contributed by atoms with Gasteiger partial charge in [0.05, 0.1) is 17.1 Å². The molecule has 1 aliphatic rings. The molecule has 0 bridgehead atoms. The third kappa shape index (κ3) is 2.10. The van der Waals surface area contributed by atoms with Crippen LogP contribution in [0.1, 0.15) is 32.9 Å². The van der Waals surface area contributed by atoms with Gasteiger partial charge in [-0.05, 0) is 37.1 Å². The van der Waals surface area contributed by atoms with Crippen LogP contribution in [0.3, 0.4) is 0 Å². The first-order valence-corrected chi connectivity index (χ1v) is 6.70. The Morgan fingerprint density at radius 1 is 1.30 bits per heavy atom. The predicted octanol–water partition coefficient (Wildman–Crippen LogP) is 1.89. The number of aromatic nitrogens is 2. The maximum Gasteiger partial charge on any atom is 0.255 e. The topological polar surface area (TPSA) is 59.0 Å². The average molecular weight is 270 g/mol. The molecule has 0 saturated heterocycles. The van der Waals surface area contributed by atoms with Gasteiger partial charge in [-0.2, -0.15) is 5.10 Å². The number of hydrogen-bond acceptors (Lipinski definition) is 3. The summed E-state index contributed by atoms with van der Waals surface area (Å²) in [7, 11) is 1.87. The highest BCUT2D eigenvalue weighted by molar-refractivity contribution is 6.05. The largest absolute Gasteiger partial charge is 0.319 e. The van der Waals surface area contributed by atoms with E-state index in [9.17, 15) is 4.79 Å². The third-order valence-corrected chi connectivity index (χ3v) is 3.85. The molecule has 104 valence electrons. The zero-order chi connectivity index (χ0) is 14.3. The van der Waals surface area contributed by atoms with Crippen molar-refractivity contribution in [2.45, 2.75) is 26.9 Å². The van der Waals surface area contributed by atoms with E-state index in [4.69, 9.17) is 0 Å². The van der Waals surface area contributed by atoms with Crippen molar-refractivity contribution in [3.05, 3.63) is 46.3 Å². The van der Waals surface area contributed by atoms with Gasteiger partial charge in [0.2, 0.25) is 0 Å². The van der Waals surface area contributed by atoms with Gasteiger partial charge in [-0.15, -0.1) is 0 Å². The lowest BCUT2D eigenvalue weighted by Gasteiger charge is -2.07. The van der Waals surface area contributed by atoms with Gasteiger partial charge in [0.1, 0.15) is 0 Å². The Kier molecular flexibility index (Phi) is 3.06. The first kappa shape index (κ1) is 12.9. The Bertz CT molecular complexity index is 687. The minimum absolute atomic E-state index is 0.0844. The summed E-state index contributed by atoms with van der Waals surface area (Å²) in [6.45, 7) is 5.57. The zero-order valence-corrected chi connectivity index (χ0v) is 11.9. The second-order valence-electron chi connectivity index (χ2n) is 5.21. The minimum Gasteiger partial charge on any atom is -0.319 e. The van der Waals surface area contributed by atoms with Crippen LogP contribution in [0.4, 0.5) is 5.69 Å². The van der Waals surface area contributed by atoms with Crippen molar-refractivity contribution < 1.29 is 4.79 Å². The van der Waals surface area contributed by atoms with Gasteiger partial charge in [-0.25, -0.2) is 0 Å². The van der Waals surface area contributed by atoms with Crippen LogP contribution in [0.15, 0.2) is 18.2 Å². The molecule has 2 heterocycles. The summed E-state index contributed by atoms with van der Waals surface area (Å²) in [6.07, 6.45) is 0. The van der Waals surface area contributed by atoms with Crippen molar-refractivity contribution in [1.29, 1.82) is 0 Å². The SMILES string of the molecule is Cc1nn(C)c(C)c1NC(=O)c1ccc2c(c1)CNC2. The van der Waals surface area contributed by atoms with Gasteiger partial charge in [0.15, 0.2) is 0 Å². The molecule has 1 aromatic carbocycles. The summed E-state index contributed by atoms with van der Waals surface area (Å²) in [4.78, 5) is 12.4. The molecule has 2 N–H and O–H groups in total. The quantitative estimate of drug-likeness (QED) is 0.876. The second kappa shape index (κ2) is 4.76. The van der Waals surface area contributed by atoms with E-state index in [1.54, 1.807) is 4.68 Å². The van der Waals surface area contributed by atoms with E-state index in [1.807, 2.05) is 39.1 Å². The monoisotopic (exact) mass is 270 g/mol. The first-order chi connectivity index (χ1) is 9.56. The summed E-state index contributed by atoms with van der Waals surface area (Å²) in [5.41, 5.74) is 5.76. The van der Waals surface area contributed by atoms with Crippen molar-refractivity contribution in [3.8, 4) is 0 Å². The summed E-state index contributed by atoms with van der Waals surface area (Å²) in [5.74, 6) is -0.0844. The maximum atomic E-state index is 12.4. The van der Waals surface area contributed by atoms with E-state index < -0.39 is 0 Å². The number of nitrogens with zero attached hydrogens (tertiary/aromatic N) is 2. The number of amides is 1. The first-order valence-electron chi connectivity index (χ1n) is 6.70. The molecule has 20 heavy (non-hydrogen) atoms. The van der Waals surface area contributed by atoms with Crippen molar-refractivity contribution in [3.63, 3.8) is 0 Å². The molecule has 0 unspecified atom stereocenters. The Hall–Kier alpha value is -2.14. The highest BCUT2D eigenvalue weighted by Gasteiger charge is 2.16. The molecule has 5 heteroatoms. The summed E-state index contributed by atoms with van der Waals surface area (Å²) < 4.78 is 1.78. The molecule has 1 amide bonds. The van der Waals surface area contributed by atoms with Gasteiger partial charge in [0.25, 0.3) is 5.91 Å². The van der Waals surface area contributed by atoms with Crippen LogP contribution in [0.25, 0.3) is 0 Å². The number of fused-ring (bicyclic) bond motifs is 1. The van der Waals surface area contributed by atoms with Crippen molar-refractivity contribution in [2.75, 3.05) is 5.32 Å². The fourth-order valence-electron chi connectivity index (χ4n) is 2.58. The van der Waals surface area contributed by atoms with Crippen LogP contribution >= 0.6 is 0 Å². The molecule has 0 radical (unpaired) electrons. The Balaban J connectivity index is 1.86. The van der Waals surface area contributed by atoms with Gasteiger partial charge in [-0.1, -0.05) is 6.07 Å². The van der Waals surface area contributed by atoms with E-state index in [0.29, 0.717) is 5.56 Å². The minimum atomic E-state index is -0.0844. The molecule has 1 aromatic heterocycles. The molecular weight excluding hydrogens is 252 g/mol. The van der Waals surface area contributed by atoms with Crippen LogP contribution < -0.4 is 10.6 Å². The van der Waals surface area contributed by atoms with Crippen molar-refractivity contribution in [1.82, 2.24) is 15.1 Å². The van der Waals surface area contributed by atoms with Crippen LogP contribution in [0.2, 0.25) is 0 Å². The maximum absolute atomic E-state index is 12.4. The van der Waals surface area contributed by atoms with Crippen LogP contribution in [-0.2, 0) is 20.1 Å². The normalized spacial score (nSPS) is 13.3. The van der Waals surface area contributed by atoms with Gasteiger partial charge >= 0.3 is 0 Å². The summed E-state index contributed by atoms with van der Waals surface area (Å²) >= 11 is 0. The number of aryl methyl sites for hydroxylation is 2. The van der Waals surface area contributed by atoms with E-state index >= 15 is 0 Å². The standard InChI is InChI=1S/C15H18N4O/c1-9-14(10(2)19(3)18-9)17-15(20)11-4-5-12-7-16-8-13(12)6-11/h4-6,16H,7-8H2,1-3H3,(H,17,20). The van der Waals surface area contributed by atoms with Crippen LogP contribution in [0.5, 0.6) is 0 Å². The molecule has 0 spiro atoms. The smallest absolute Gasteiger partial charge is 0.255 e. The lowest BCUT2D eigenvalue weighted by atomic mass is 10.1. The van der Waals surface area contributed by atoms with Crippen molar-refractivity contribution in [2.24, 2.45) is 7.05 Å². The lowest BCUT2D eigenvalue weighted by Crippen LogP contribution is -2.13. The van der Waals surface area contributed by atoms with E-state index in [0.717, 1.165) is 30.2 Å². The van der Waals surface area contributed by atoms with E-state index in [-0.39, 0.29) is 5.91 Å². The molecule has 3 rings (SSSR count). The molecule has 5 nitrogen and oxygen atoms in total. The number of anilines is 1. The zero-order valence-electron chi connectivity index (χ0n) is 11.9. The highest BCUT2D eigenvalue weighted by Crippen LogP contribution is 2.21. The molecule has 0 aliphatic carbocycles. The van der Waals surface area contributed by atoms with Crippen molar-refractivity contribution >= 4 is 11.6 Å². The molecule has 0 fully saturated rings. The number of carbonyl (C=O) groups is 1. The predicted molar refractivity (Wildman–Crippen MR) is 77.6 cm³/mol. The van der Waals surface area contributed by atoms with Crippen LogP contribution in [0, 0.1) is 13.8 Å². The Morgan fingerprint density at radius 3 is 2.75 bits per heavy atom. The third-order valence-electron chi connectivity index (χ3n) is 3.85. The fraction of sp³-hybridized carbons (Fsp3) is 0.333. The van der Waals surface area contributed by atoms with Crippen LogP contribution in [-0.4, -0.2) is 15.7 Å².